The van der Waals surface area contributed by atoms with Crippen LogP contribution in [0.5, 0.6) is 0 Å². The van der Waals surface area contributed by atoms with Gasteiger partial charge in [-0.15, -0.1) is 0 Å². The number of aromatic nitrogens is 3. The molecule has 0 radical (unpaired) electrons. The maximum Gasteiger partial charge on any atom is 0.242 e. The molecular formula is C21H26N6O3S. The average molecular weight is 443 g/mol. The topological polar surface area (TPSA) is 117 Å². The van der Waals surface area contributed by atoms with E-state index in [-0.39, 0.29) is 0 Å². The first-order valence-corrected chi connectivity index (χ1v) is 12.1. The molecule has 3 aromatic rings. The number of hydrogen-bond acceptors (Lipinski definition) is 6. The molecule has 1 saturated heterocycles. The van der Waals surface area contributed by atoms with Gasteiger partial charge in [0, 0.05) is 23.7 Å². The summed E-state index contributed by atoms with van der Waals surface area (Å²) in [5.74, 6) is -0.0347. The van der Waals surface area contributed by atoms with Gasteiger partial charge in [0.2, 0.25) is 15.9 Å². The minimum atomic E-state index is -3.47. The molecule has 2 atom stereocenters. The van der Waals surface area contributed by atoms with Crippen molar-refractivity contribution in [2.45, 2.75) is 31.7 Å². The van der Waals surface area contributed by atoms with Crippen molar-refractivity contribution < 1.29 is 13.2 Å². The maximum absolute atomic E-state index is 12.3. The van der Waals surface area contributed by atoms with Gasteiger partial charge < -0.3 is 10.6 Å². The number of hydrogen-bond donors (Lipinski definition) is 3. The second-order valence-corrected chi connectivity index (χ2v) is 9.68. The van der Waals surface area contributed by atoms with Gasteiger partial charge in [0.1, 0.15) is 0 Å². The third kappa shape index (κ3) is 5.09. The fourth-order valence-corrected chi connectivity index (χ4v) is 4.56. The Kier molecular flexibility index (Phi) is 6.03. The van der Waals surface area contributed by atoms with Crippen molar-refractivity contribution in [1.82, 2.24) is 24.6 Å². The SMILES string of the molecule is CC(NS(C)(=O)=O)C(=O)Nc1ccc2c(-c3cccc(C4CCCNC4)n3)cnn2c1. The molecule has 1 aliphatic rings. The molecule has 3 N–H and O–H groups in total. The standard InChI is InChI=1S/C21H26N6O3S/c1-14(26-31(2,29)30)21(28)24-16-8-9-20-17(12-23-27(20)13-16)19-7-3-6-18(25-19)15-5-4-10-22-11-15/h3,6-9,12-15,22,26H,4-5,10-11H2,1-2H3,(H,24,28). The van der Waals surface area contributed by atoms with E-state index in [1.165, 1.54) is 6.92 Å². The van der Waals surface area contributed by atoms with Gasteiger partial charge in [-0.3, -0.25) is 9.78 Å². The molecule has 0 aliphatic carbocycles. The van der Waals surface area contributed by atoms with E-state index in [2.05, 4.69) is 26.5 Å². The fourth-order valence-electron chi connectivity index (χ4n) is 3.81. The van der Waals surface area contributed by atoms with Gasteiger partial charge in [-0.05, 0) is 50.6 Å². The summed E-state index contributed by atoms with van der Waals surface area (Å²) in [5, 5.41) is 10.5. The van der Waals surface area contributed by atoms with Crippen LogP contribution in [0.25, 0.3) is 16.8 Å². The van der Waals surface area contributed by atoms with Crippen molar-refractivity contribution in [2.75, 3.05) is 24.7 Å². The normalized spacial score (nSPS) is 18.1. The van der Waals surface area contributed by atoms with E-state index < -0.39 is 22.0 Å². The summed E-state index contributed by atoms with van der Waals surface area (Å²) in [5.41, 5.74) is 4.24. The smallest absolute Gasteiger partial charge is 0.242 e. The van der Waals surface area contributed by atoms with Gasteiger partial charge in [0.15, 0.2) is 0 Å². The third-order valence-electron chi connectivity index (χ3n) is 5.33. The third-order valence-corrected chi connectivity index (χ3v) is 6.11. The first-order chi connectivity index (χ1) is 14.8. The number of carbonyl (C=O) groups excluding carboxylic acids is 1. The number of amides is 1. The fraction of sp³-hybridized carbons (Fsp3) is 0.381. The van der Waals surface area contributed by atoms with Crippen LogP contribution < -0.4 is 15.4 Å². The molecule has 10 heteroatoms. The highest BCUT2D eigenvalue weighted by molar-refractivity contribution is 7.88. The Hall–Kier alpha value is -2.82. The highest BCUT2D eigenvalue weighted by Crippen LogP contribution is 2.27. The van der Waals surface area contributed by atoms with Crippen LogP contribution >= 0.6 is 0 Å². The monoisotopic (exact) mass is 442 g/mol. The summed E-state index contributed by atoms with van der Waals surface area (Å²) < 4.78 is 26.6. The number of rotatable bonds is 6. The molecule has 0 bridgehead atoms. The molecule has 0 spiro atoms. The van der Waals surface area contributed by atoms with Gasteiger partial charge in [0.05, 0.1) is 41.6 Å². The molecule has 0 aromatic carbocycles. The molecule has 3 aromatic heterocycles. The Balaban J connectivity index is 1.55. The minimum Gasteiger partial charge on any atom is -0.323 e. The van der Waals surface area contributed by atoms with Crippen LogP contribution in [0.1, 0.15) is 31.4 Å². The molecule has 31 heavy (non-hydrogen) atoms. The zero-order valence-electron chi connectivity index (χ0n) is 17.5. The number of sulfonamides is 1. The Morgan fingerprint density at radius 2 is 2.13 bits per heavy atom. The number of pyridine rings is 2. The average Bonchev–Trinajstić information content (AvgIpc) is 3.16. The lowest BCUT2D eigenvalue weighted by Crippen LogP contribution is -2.41. The minimum absolute atomic E-state index is 0.417. The lowest BCUT2D eigenvalue weighted by atomic mass is 9.95. The number of nitrogens with zero attached hydrogens (tertiary/aromatic N) is 3. The highest BCUT2D eigenvalue weighted by Gasteiger charge is 2.19. The van der Waals surface area contributed by atoms with E-state index in [0.717, 1.165) is 54.7 Å². The highest BCUT2D eigenvalue weighted by atomic mass is 32.2. The van der Waals surface area contributed by atoms with Crippen LogP contribution in [0, 0.1) is 0 Å². The van der Waals surface area contributed by atoms with Gasteiger partial charge in [0.25, 0.3) is 0 Å². The Bertz CT molecular complexity index is 1200. The van der Waals surface area contributed by atoms with Crippen molar-refractivity contribution in [1.29, 1.82) is 0 Å². The molecule has 1 fully saturated rings. The zero-order chi connectivity index (χ0) is 22.0. The molecule has 4 heterocycles. The summed E-state index contributed by atoms with van der Waals surface area (Å²) >= 11 is 0. The second kappa shape index (κ2) is 8.74. The first kappa shape index (κ1) is 21.4. The molecule has 1 aliphatic heterocycles. The van der Waals surface area contributed by atoms with Crippen LogP contribution in [0.2, 0.25) is 0 Å². The van der Waals surface area contributed by atoms with Gasteiger partial charge in [-0.1, -0.05) is 6.07 Å². The van der Waals surface area contributed by atoms with E-state index >= 15 is 0 Å². The largest absolute Gasteiger partial charge is 0.323 e. The number of piperidine rings is 1. The lowest BCUT2D eigenvalue weighted by molar-refractivity contribution is -0.117. The summed E-state index contributed by atoms with van der Waals surface area (Å²) in [7, 11) is -3.47. The van der Waals surface area contributed by atoms with E-state index in [4.69, 9.17) is 4.98 Å². The number of carbonyl (C=O) groups is 1. The van der Waals surface area contributed by atoms with Crippen molar-refractivity contribution in [2.24, 2.45) is 0 Å². The van der Waals surface area contributed by atoms with E-state index in [9.17, 15) is 13.2 Å². The predicted molar refractivity (Wildman–Crippen MR) is 119 cm³/mol. The molecule has 2 unspecified atom stereocenters. The Morgan fingerprint density at radius 3 is 2.87 bits per heavy atom. The molecule has 9 nitrogen and oxygen atoms in total. The summed E-state index contributed by atoms with van der Waals surface area (Å²) in [6.45, 7) is 3.49. The van der Waals surface area contributed by atoms with Crippen molar-refractivity contribution >= 4 is 27.1 Å². The molecule has 164 valence electrons. The van der Waals surface area contributed by atoms with Crippen molar-refractivity contribution in [3.63, 3.8) is 0 Å². The molecule has 1 amide bonds. The van der Waals surface area contributed by atoms with E-state index in [0.29, 0.717) is 11.6 Å². The van der Waals surface area contributed by atoms with E-state index in [1.54, 1.807) is 23.0 Å². The first-order valence-electron chi connectivity index (χ1n) is 10.2. The maximum atomic E-state index is 12.3. The Labute approximate surface area is 181 Å². The van der Waals surface area contributed by atoms with Crippen LogP contribution in [0.3, 0.4) is 0 Å². The van der Waals surface area contributed by atoms with Crippen molar-refractivity contribution in [3.05, 3.63) is 48.4 Å². The molecule has 4 rings (SSSR count). The van der Waals surface area contributed by atoms with Crippen molar-refractivity contribution in [3.8, 4) is 11.3 Å². The van der Waals surface area contributed by atoms with Crippen LogP contribution in [-0.4, -0.2) is 54.3 Å². The van der Waals surface area contributed by atoms with Crippen LogP contribution in [0.15, 0.2) is 42.7 Å². The second-order valence-electron chi connectivity index (χ2n) is 7.90. The van der Waals surface area contributed by atoms with Gasteiger partial charge >= 0.3 is 0 Å². The summed E-state index contributed by atoms with van der Waals surface area (Å²) in [6.07, 6.45) is 6.76. The van der Waals surface area contributed by atoms with Gasteiger partial charge in [-0.2, -0.15) is 5.10 Å². The number of nitrogens with one attached hydrogen (secondary N) is 3. The zero-order valence-corrected chi connectivity index (χ0v) is 18.3. The number of fused-ring (bicyclic) bond motifs is 1. The lowest BCUT2D eigenvalue weighted by Gasteiger charge is -2.22. The summed E-state index contributed by atoms with van der Waals surface area (Å²) in [6, 6.07) is 8.82. The molecular weight excluding hydrogens is 416 g/mol. The van der Waals surface area contributed by atoms with Crippen LogP contribution in [0.4, 0.5) is 5.69 Å². The van der Waals surface area contributed by atoms with E-state index in [1.807, 2.05) is 18.2 Å². The molecule has 0 saturated carbocycles. The van der Waals surface area contributed by atoms with Crippen LogP contribution in [-0.2, 0) is 14.8 Å². The Morgan fingerprint density at radius 1 is 1.29 bits per heavy atom. The summed E-state index contributed by atoms with van der Waals surface area (Å²) in [4.78, 5) is 17.1. The number of anilines is 1. The quantitative estimate of drug-likeness (QED) is 0.535. The van der Waals surface area contributed by atoms with Gasteiger partial charge in [-0.25, -0.2) is 17.7 Å². The predicted octanol–water partition coefficient (Wildman–Crippen LogP) is 1.74.